The molecule has 0 bridgehead atoms. The Bertz CT molecular complexity index is 404. The van der Waals surface area contributed by atoms with Crippen molar-refractivity contribution in [2.45, 2.75) is 33.4 Å². The maximum atomic E-state index is 11.2. The van der Waals surface area contributed by atoms with Crippen LogP contribution in [0.2, 0.25) is 5.02 Å². The summed E-state index contributed by atoms with van der Waals surface area (Å²) in [6, 6.07) is 5.54. The normalized spacial score (nSPS) is 12.8. The predicted molar refractivity (Wildman–Crippen MR) is 70.8 cm³/mol. The zero-order chi connectivity index (χ0) is 13.0. The molecule has 1 aromatic rings. The van der Waals surface area contributed by atoms with Crippen molar-refractivity contribution in [1.82, 2.24) is 5.32 Å². The Morgan fingerprint density at radius 2 is 2.12 bits per heavy atom. The minimum atomic E-state index is -0.330. The molecule has 0 aliphatic heterocycles. The molecule has 0 saturated heterocycles. The molecule has 94 valence electrons. The average molecular weight is 255 g/mol. The fraction of sp³-hybridized carbons (Fsp3) is 0.462. The van der Waals surface area contributed by atoms with E-state index >= 15 is 0 Å². The molecule has 4 heteroatoms. The molecule has 3 nitrogen and oxygen atoms in total. The first kappa shape index (κ1) is 14.0. The molecule has 0 fully saturated rings. The van der Waals surface area contributed by atoms with Crippen molar-refractivity contribution in [2.75, 3.05) is 0 Å². The molecule has 1 rings (SSSR count). The highest BCUT2D eigenvalue weighted by molar-refractivity contribution is 6.31. The number of amides is 1. The van der Waals surface area contributed by atoms with Gasteiger partial charge >= 0.3 is 0 Å². The molecule has 0 saturated carbocycles. The van der Waals surface area contributed by atoms with Gasteiger partial charge in [-0.15, -0.1) is 0 Å². The lowest BCUT2D eigenvalue weighted by atomic mass is 10.0. The van der Waals surface area contributed by atoms with E-state index in [0.29, 0.717) is 11.6 Å². The predicted octanol–water partition coefficient (Wildman–Crippen LogP) is 2.25. The van der Waals surface area contributed by atoms with Crippen LogP contribution in [0, 0.1) is 12.8 Å². The van der Waals surface area contributed by atoms with Gasteiger partial charge in [0.25, 0.3) is 0 Å². The van der Waals surface area contributed by atoms with E-state index in [1.807, 2.05) is 39.0 Å². The van der Waals surface area contributed by atoms with E-state index in [0.717, 1.165) is 11.1 Å². The van der Waals surface area contributed by atoms with E-state index in [4.69, 9.17) is 17.3 Å². The van der Waals surface area contributed by atoms with Gasteiger partial charge in [-0.1, -0.05) is 37.6 Å². The van der Waals surface area contributed by atoms with Gasteiger partial charge in [0, 0.05) is 11.6 Å². The van der Waals surface area contributed by atoms with Gasteiger partial charge in [-0.05, 0) is 30.0 Å². The van der Waals surface area contributed by atoms with Gasteiger partial charge in [0.2, 0.25) is 5.91 Å². The third-order valence-corrected chi connectivity index (χ3v) is 3.05. The fourth-order valence-electron chi connectivity index (χ4n) is 1.68. The second-order valence-corrected chi connectivity index (χ2v) is 5.01. The highest BCUT2D eigenvalue weighted by atomic mass is 35.5. The fourth-order valence-corrected chi connectivity index (χ4v) is 1.98. The zero-order valence-electron chi connectivity index (χ0n) is 10.5. The largest absolute Gasteiger partial charge is 0.368 e. The molecule has 0 heterocycles. The van der Waals surface area contributed by atoms with Crippen LogP contribution in [0.5, 0.6) is 0 Å². The minimum Gasteiger partial charge on any atom is -0.368 e. The zero-order valence-corrected chi connectivity index (χ0v) is 11.2. The van der Waals surface area contributed by atoms with Crippen LogP contribution in [0.4, 0.5) is 0 Å². The topological polar surface area (TPSA) is 55.1 Å². The number of nitrogens with two attached hydrogens (primary N) is 1. The SMILES string of the molecule is Cc1ccc(CNC(C(N)=O)C(C)C)c(Cl)c1. The Kier molecular flexibility index (Phi) is 4.97. The molecule has 0 aliphatic carbocycles. The Morgan fingerprint density at radius 3 is 2.59 bits per heavy atom. The lowest BCUT2D eigenvalue weighted by molar-refractivity contribution is -0.121. The van der Waals surface area contributed by atoms with Gasteiger partial charge < -0.3 is 11.1 Å². The number of carbonyl (C=O) groups excluding carboxylic acids is 1. The number of aryl methyl sites for hydroxylation is 1. The van der Waals surface area contributed by atoms with Crippen molar-refractivity contribution in [2.24, 2.45) is 11.7 Å². The van der Waals surface area contributed by atoms with E-state index < -0.39 is 0 Å². The van der Waals surface area contributed by atoms with Crippen molar-refractivity contribution >= 4 is 17.5 Å². The maximum Gasteiger partial charge on any atom is 0.234 e. The van der Waals surface area contributed by atoms with Crippen molar-refractivity contribution in [3.63, 3.8) is 0 Å². The van der Waals surface area contributed by atoms with E-state index in [-0.39, 0.29) is 17.9 Å². The number of hydrogen-bond acceptors (Lipinski definition) is 2. The smallest absolute Gasteiger partial charge is 0.234 e. The Hall–Kier alpha value is -1.06. The standard InChI is InChI=1S/C13H19ClN2O/c1-8(2)12(13(15)17)16-7-10-5-4-9(3)6-11(10)14/h4-6,8,12,16H,7H2,1-3H3,(H2,15,17). The monoisotopic (exact) mass is 254 g/mol. The van der Waals surface area contributed by atoms with Crippen LogP contribution in [-0.4, -0.2) is 11.9 Å². The first-order valence-corrected chi connectivity index (χ1v) is 6.07. The average Bonchev–Trinajstić information content (AvgIpc) is 2.20. The minimum absolute atomic E-state index is 0.164. The van der Waals surface area contributed by atoms with Crippen molar-refractivity contribution in [3.05, 3.63) is 34.3 Å². The Labute approximate surface area is 107 Å². The molecule has 3 N–H and O–H groups in total. The third-order valence-electron chi connectivity index (χ3n) is 2.69. The van der Waals surface area contributed by atoms with E-state index in [1.54, 1.807) is 0 Å². The van der Waals surface area contributed by atoms with Crippen LogP contribution in [0.15, 0.2) is 18.2 Å². The summed E-state index contributed by atoms with van der Waals surface area (Å²) in [5.74, 6) is -0.167. The van der Waals surface area contributed by atoms with Gasteiger partial charge in [-0.2, -0.15) is 0 Å². The molecule has 0 aromatic heterocycles. The molecule has 1 atom stereocenters. The number of carbonyl (C=O) groups is 1. The lowest BCUT2D eigenvalue weighted by Gasteiger charge is -2.19. The van der Waals surface area contributed by atoms with Crippen LogP contribution in [-0.2, 0) is 11.3 Å². The number of halogens is 1. The summed E-state index contributed by atoms with van der Waals surface area (Å²) in [5, 5.41) is 3.85. The van der Waals surface area contributed by atoms with Crippen molar-refractivity contribution in [3.8, 4) is 0 Å². The third kappa shape index (κ3) is 4.02. The van der Waals surface area contributed by atoms with E-state index in [1.165, 1.54) is 0 Å². The summed E-state index contributed by atoms with van der Waals surface area (Å²) < 4.78 is 0. The summed E-state index contributed by atoms with van der Waals surface area (Å²) in [5.41, 5.74) is 7.43. The number of benzene rings is 1. The van der Waals surface area contributed by atoms with Gasteiger partial charge in [0.15, 0.2) is 0 Å². The van der Waals surface area contributed by atoms with Gasteiger partial charge in [-0.25, -0.2) is 0 Å². The number of nitrogens with one attached hydrogen (secondary N) is 1. The van der Waals surface area contributed by atoms with Crippen LogP contribution >= 0.6 is 11.6 Å². The van der Waals surface area contributed by atoms with Crippen LogP contribution in [0.1, 0.15) is 25.0 Å². The summed E-state index contributed by atoms with van der Waals surface area (Å²) in [4.78, 5) is 11.2. The van der Waals surface area contributed by atoms with Crippen LogP contribution in [0.25, 0.3) is 0 Å². The molecule has 1 unspecified atom stereocenters. The molecule has 1 aromatic carbocycles. The second-order valence-electron chi connectivity index (χ2n) is 4.60. The highest BCUT2D eigenvalue weighted by Gasteiger charge is 2.18. The quantitative estimate of drug-likeness (QED) is 0.847. The molecule has 17 heavy (non-hydrogen) atoms. The van der Waals surface area contributed by atoms with Gasteiger partial charge in [-0.3, -0.25) is 4.79 Å². The number of hydrogen-bond donors (Lipinski definition) is 2. The molecule has 0 spiro atoms. The summed E-state index contributed by atoms with van der Waals surface area (Å²) >= 11 is 6.12. The second kappa shape index (κ2) is 6.03. The van der Waals surface area contributed by atoms with Gasteiger partial charge in [0.1, 0.15) is 0 Å². The highest BCUT2D eigenvalue weighted by Crippen LogP contribution is 2.17. The Morgan fingerprint density at radius 1 is 1.47 bits per heavy atom. The lowest BCUT2D eigenvalue weighted by Crippen LogP contribution is -2.44. The first-order valence-electron chi connectivity index (χ1n) is 5.69. The van der Waals surface area contributed by atoms with E-state index in [2.05, 4.69) is 5.32 Å². The van der Waals surface area contributed by atoms with Crippen molar-refractivity contribution in [1.29, 1.82) is 0 Å². The molecular weight excluding hydrogens is 236 g/mol. The van der Waals surface area contributed by atoms with Crippen LogP contribution < -0.4 is 11.1 Å². The molecule has 0 aliphatic rings. The van der Waals surface area contributed by atoms with Crippen LogP contribution in [0.3, 0.4) is 0 Å². The summed E-state index contributed by atoms with van der Waals surface area (Å²) in [6.45, 7) is 6.45. The van der Waals surface area contributed by atoms with Gasteiger partial charge in [0.05, 0.1) is 6.04 Å². The number of rotatable bonds is 5. The maximum absolute atomic E-state index is 11.2. The Balaban J connectivity index is 2.69. The number of primary amides is 1. The first-order chi connectivity index (χ1) is 7.91. The van der Waals surface area contributed by atoms with E-state index in [9.17, 15) is 4.79 Å². The van der Waals surface area contributed by atoms with Crippen molar-refractivity contribution < 1.29 is 4.79 Å². The molecular formula is C13H19ClN2O. The summed E-state index contributed by atoms with van der Waals surface area (Å²) in [6.07, 6.45) is 0. The molecule has 1 amide bonds. The summed E-state index contributed by atoms with van der Waals surface area (Å²) in [7, 11) is 0. The molecule has 0 radical (unpaired) electrons.